The number of rotatable bonds is 5. The molecule has 1 aromatic heterocycles. The van der Waals surface area contributed by atoms with Crippen LogP contribution in [-0.4, -0.2) is 41.9 Å². The highest BCUT2D eigenvalue weighted by molar-refractivity contribution is 5.06. The van der Waals surface area contributed by atoms with E-state index in [1.165, 1.54) is 19.3 Å². The third kappa shape index (κ3) is 2.99. The van der Waals surface area contributed by atoms with E-state index in [2.05, 4.69) is 28.4 Å². The van der Waals surface area contributed by atoms with Gasteiger partial charge in [-0.15, -0.1) is 0 Å². The van der Waals surface area contributed by atoms with Crippen LogP contribution >= 0.6 is 0 Å². The van der Waals surface area contributed by atoms with Crippen molar-refractivity contribution in [3.05, 3.63) is 17.5 Å². The van der Waals surface area contributed by atoms with E-state index >= 15 is 0 Å². The van der Waals surface area contributed by atoms with Crippen LogP contribution in [0.2, 0.25) is 0 Å². The third-order valence-corrected chi connectivity index (χ3v) is 4.12. The molecule has 0 bridgehead atoms. The zero-order chi connectivity index (χ0) is 13.1. The van der Waals surface area contributed by atoms with E-state index in [9.17, 15) is 0 Å². The Hall–Kier alpha value is -0.910. The molecule has 3 rings (SSSR count). The van der Waals surface area contributed by atoms with Crippen LogP contribution in [0, 0.1) is 0 Å². The summed E-state index contributed by atoms with van der Waals surface area (Å²) in [7, 11) is 0. The number of hydrogen-bond acceptors (Lipinski definition) is 5. The molecule has 2 aliphatic rings. The van der Waals surface area contributed by atoms with Crippen molar-refractivity contribution in [2.75, 3.05) is 19.7 Å². The molecule has 1 aliphatic carbocycles. The average molecular weight is 265 g/mol. The largest absolute Gasteiger partial charge is 0.375 e. The first-order chi connectivity index (χ1) is 9.36. The number of ether oxygens (including phenoxy) is 1. The van der Waals surface area contributed by atoms with E-state index in [0.29, 0.717) is 12.1 Å². The molecule has 0 spiro atoms. The summed E-state index contributed by atoms with van der Waals surface area (Å²) < 4.78 is 11.3. The number of nitrogens with zero attached hydrogens (tertiary/aromatic N) is 2. The smallest absolute Gasteiger partial charge is 0.151 e. The Morgan fingerprint density at radius 2 is 2.42 bits per heavy atom. The lowest BCUT2D eigenvalue weighted by molar-refractivity contribution is -0.0610. The van der Waals surface area contributed by atoms with Gasteiger partial charge in [0.05, 0.1) is 24.9 Å². The Morgan fingerprint density at radius 1 is 1.47 bits per heavy atom. The second-order valence-corrected chi connectivity index (χ2v) is 5.44. The first kappa shape index (κ1) is 13.1. The SMILES string of the molecule is CCNCc1cc(CN2CCOC3CCCC32)on1. The lowest BCUT2D eigenvalue weighted by Gasteiger charge is -2.36. The van der Waals surface area contributed by atoms with Crippen LogP contribution in [-0.2, 0) is 17.8 Å². The summed E-state index contributed by atoms with van der Waals surface area (Å²) >= 11 is 0. The molecule has 106 valence electrons. The summed E-state index contributed by atoms with van der Waals surface area (Å²) in [5.41, 5.74) is 0.994. The van der Waals surface area contributed by atoms with Crippen molar-refractivity contribution in [1.82, 2.24) is 15.4 Å². The van der Waals surface area contributed by atoms with E-state index in [4.69, 9.17) is 9.26 Å². The van der Waals surface area contributed by atoms with Crippen molar-refractivity contribution < 1.29 is 9.26 Å². The van der Waals surface area contributed by atoms with Crippen LogP contribution in [0.15, 0.2) is 10.6 Å². The maximum absolute atomic E-state index is 5.83. The fourth-order valence-corrected chi connectivity index (χ4v) is 3.17. The van der Waals surface area contributed by atoms with Crippen molar-refractivity contribution in [1.29, 1.82) is 0 Å². The summed E-state index contributed by atoms with van der Waals surface area (Å²) in [5.74, 6) is 0.973. The highest BCUT2D eigenvalue weighted by atomic mass is 16.5. The van der Waals surface area contributed by atoms with Gasteiger partial charge in [0.1, 0.15) is 0 Å². The molecule has 1 saturated heterocycles. The molecule has 2 heterocycles. The predicted molar refractivity (Wildman–Crippen MR) is 71.7 cm³/mol. The van der Waals surface area contributed by atoms with Gasteiger partial charge < -0.3 is 14.6 Å². The van der Waals surface area contributed by atoms with Gasteiger partial charge >= 0.3 is 0 Å². The Morgan fingerprint density at radius 3 is 3.32 bits per heavy atom. The van der Waals surface area contributed by atoms with Crippen LogP contribution in [0.3, 0.4) is 0 Å². The molecule has 0 aromatic carbocycles. The van der Waals surface area contributed by atoms with Crippen LogP contribution in [0.1, 0.15) is 37.6 Å². The molecule has 0 amide bonds. The second-order valence-electron chi connectivity index (χ2n) is 5.44. The number of morpholine rings is 1. The number of nitrogens with one attached hydrogen (secondary N) is 1. The lowest BCUT2D eigenvalue weighted by atomic mass is 10.1. The molecule has 1 aliphatic heterocycles. The molecule has 2 atom stereocenters. The van der Waals surface area contributed by atoms with Crippen LogP contribution < -0.4 is 5.32 Å². The molecular weight excluding hydrogens is 242 g/mol. The van der Waals surface area contributed by atoms with Crippen molar-refractivity contribution in [2.45, 2.75) is 51.4 Å². The van der Waals surface area contributed by atoms with Gasteiger partial charge in [0.2, 0.25) is 0 Å². The molecular formula is C14H23N3O2. The Kier molecular flexibility index (Phi) is 4.15. The van der Waals surface area contributed by atoms with Crippen LogP contribution in [0.25, 0.3) is 0 Å². The van der Waals surface area contributed by atoms with E-state index in [1.54, 1.807) is 0 Å². The Labute approximate surface area is 114 Å². The zero-order valence-electron chi connectivity index (χ0n) is 11.6. The zero-order valence-corrected chi connectivity index (χ0v) is 11.6. The minimum atomic E-state index is 0.442. The van der Waals surface area contributed by atoms with Gasteiger partial charge in [0, 0.05) is 25.2 Å². The molecule has 19 heavy (non-hydrogen) atoms. The maximum atomic E-state index is 5.83. The van der Waals surface area contributed by atoms with Gasteiger partial charge in [-0.25, -0.2) is 0 Å². The minimum absolute atomic E-state index is 0.442. The topological polar surface area (TPSA) is 50.5 Å². The van der Waals surface area contributed by atoms with Crippen molar-refractivity contribution >= 4 is 0 Å². The Balaban J connectivity index is 1.59. The number of aromatic nitrogens is 1. The molecule has 0 radical (unpaired) electrons. The second kappa shape index (κ2) is 6.03. The fraction of sp³-hybridized carbons (Fsp3) is 0.786. The lowest BCUT2D eigenvalue weighted by Crippen LogP contribution is -2.47. The Bertz CT molecular complexity index is 407. The molecule has 5 heteroatoms. The molecule has 2 unspecified atom stereocenters. The molecule has 1 N–H and O–H groups in total. The summed E-state index contributed by atoms with van der Waals surface area (Å²) in [6.45, 7) is 6.55. The molecule has 2 fully saturated rings. The van der Waals surface area contributed by atoms with Gasteiger partial charge in [0.25, 0.3) is 0 Å². The van der Waals surface area contributed by atoms with E-state index in [0.717, 1.165) is 44.2 Å². The first-order valence-electron chi connectivity index (χ1n) is 7.37. The summed E-state index contributed by atoms with van der Waals surface area (Å²) in [4.78, 5) is 2.50. The van der Waals surface area contributed by atoms with Crippen molar-refractivity contribution in [3.63, 3.8) is 0 Å². The van der Waals surface area contributed by atoms with E-state index in [1.807, 2.05) is 0 Å². The van der Waals surface area contributed by atoms with Gasteiger partial charge in [-0.3, -0.25) is 4.90 Å². The fourth-order valence-electron chi connectivity index (χ4n) is 3.17. The van der Waals surface area contributed by atoms with Gasteiger partial charge in [-0.2, -0.15) is 0 Å². The van der Waals surface area contributed by atoms with Crippen molar-refractivity contribution in [2.24, 2.45) is 0 Å². The standard InChI is InChI=1S/C14H23N3O2/c1-2-15-9-11-8-12(19-16-11)10-17-6-7-18-14-5-3-4-13(14)17/h8,13-15H,2-7,9-10H2,1H3. The highest BCUT2D eigenvalue weighted by Crippen LogP contribution is 2.30. The predicted octanol–water partition coefficient (Wildman–Crippen LogP) is 1.54. The van der Waals surface area contributed by atoms with Crippen LogP contribution in [0.5, 0.6) is 0 Å². The normalized spacial score (nSPS) is 27.6. The summed E-state index contributed by atoms with van der Waals surface area (Å²) in [5, 5.41) is 7.37. The summed E-state index contributed by atoms with van der Waals surface area (Å²) in [6, 6.07) is 2.65. The number of hydrogen-bond donors (Lipinski definition) is 1. The highest BCUT2D eigenvalue weighted by Gasteiger charge is 2.36. The average Bonchev–Trinajstić information content (AvgIpc) is 3.05. The van der Waals surface area contributed by atoms with E-state index in [-0.39, 0.29) is 0 Å². The molecule has 1 aromatic rings. The quantitative estimate of drug-likeness (QED) is 0.875. The minimum Gasteiger partial charge on any atom is -0.375 e. The maximum Gasteiger partial charge on any atom is 0.151 e. The third-order valence-electron chi connectivity index (χ3n) is 4.12. The van der Waals surface area contributed by atoms with Crippen molar-refractivity contribution in [3.8, 4) is 0 Å². The van der Waals surface area contributed by atoms with Gasteiger partial charge in [0.15, 0.2) is 5.76 Å². The monoisotopic (exact) mass is 265 g/mol. The number of fused-ring (bicyclic) bond motifs is 1. The molecule has 5 nitrogen and oxygen atoms in total. The first-order valence-corrected chi connectivity index (χ1v) is 7.37. The van der Waals surface area contributed by atoms with Gasteiger partial charge in [-0.05, 0) is 25.8 Å². The molecule has 1 saturated carbocycles. The van der Waals surface area contributed by atoms with E-state index < -0.39 is 0 Å². The summed E-state index contributed by atoms with van der Waals surface area (Å²) in [6.07, 6.45) is 4.19. The van der Waals surface area contributed by atoms with Crippen LogP contribution in [0.4, 0.5) is 0 Å². The van der Waals surface area contributed by atoms with Gasteiger partial charge in [-0.1, -0.05) is 12.1 Å².